The standard InChI is InChI=1S/C22H16N6O3/c29-22(25-17-7-4-10-24-14-17)26-19-13-20(16-5-2-1-3-6-16)27(15-21(19)28(30)31)18-8-11-23-12-9-18/h1-15H,(H,25,29)/b26-19-. The van der Waals surface area contributed by atoms with E-state index >= 15 is 0 Å². The van der Waals surface area contributed by atoms with Gasteiger partial charge in [0.25, 0.3) is 0 Å². The molecule has 3 aromatic heterocycles. The Morgan fingerprint density at radius 3 is 2.45 bits per heavy atom. The molecule has 31 heavy (non-hydrogen) atoms. The predicted octanol–water partition coefficient (Wildman–Crippen LogP) is 3.98. The Morgan fingerprint density at radius 2 is 1.77 bits per heavy atom. The van der Waals surface area contributed by atoms with Gasteiger partial charge >= 0.3 is 11.7 Å². The van der Waals surface area contributed by atoms with Crippen LogP contribution in [0.3, 0.4) is 0 Å². The van der Waals surface area contributed by atoms with Crippen LogP contribution < -0.4 is 10.7 Å². The maximum atomic E-state index is 12.4. The van der Waals surface area contributed by atoms with Crippen molar-refractivity contribution in [2.45, 2.75) is 0 Å². The highest BCUT2D eigenvalue weighted by Gasteiger charge is 2.17. The fourth-order valence-corrected chi connectivity index (χ4v) is 3.01. The van der Waals surface area contributed by atoms with E-state index < -0.39 is 11.0 Å². The number of nitrogens with one attached hydrogen (secondary N) is 1. The van der Waals surface area contributed by atoms with Crippen LogP contribution in [0.15, 0.2) is 96.6 Å². The Morgan fingerprint density at radius 1 is 1.00 bits per heavy atom. The van der Waals surface area contributed by atoms with Crippen molar-refractivity contribution in [1.82, 2.24) is 14.5 Å². The van der Waals surface area contributed by atoms with Gasteiger partial charge in [-0.15, -0.1) is 0 Å². The van der Waals surface area contributed by atoms with E-state index in [2.05, 4.69) is 20.3 Å². The molecule has 9 nitrogen and oxygen atoms in total. The first-order valence-electron chi connectivity index (χ1n) is 9.24. The third-order valence-electron chi connectivity index (χ3n) is 4.39. The zero-order valence-corrected chi connectivity index (χ0v) is 16.1. The van der Waals surface area contributed by atoms with Gasteiger partial charge in [-0.3, -0.25) is 20.1 Å². The first-order chi connectivity index (χ1) is 15.1. The lowest BCUT2D eigenvalue weighted by molar-refractivity contribution is -0.386. The topological polar surface area (TPSA) is 115 Å². The van der Waals surface area contributed by atoms with Crippen LogP contribution in [0.1, 0.15) is 0 Å². The smallest absolute Gasteiger partial charge is 0.310 e. The fraction of sp³-hybridized carbons (Fsp3) is 0. The maximum absolute atomic E-state index is 12.4. The second-order valence-corrected chi connectivity index (χ2v) is 6.41. The first-order valence-corrected chi connectivity index (χ1v) is 9.24. The zero-order chi connectivity index (χ0) is 21.6. The molecule has 0 radical (unpaired) electrons. The van der Waals surface area contributed by atoms with E-state index in [4.69, 9.17) is 0 Å². The second kappa shape index (κ2) is 8.78. The van der Waals surface area contributed by atoms with Crippen LogP contribution in [-0.4, -0.2) is 25.5 Å². The van der Waals surface area contributed by atoms with Crippen LogP contribution in [0, 0.1) is 10.1 Å². The molecule has 0 unspecified atom stereocenters. The molecule has 0 aliphatic heterocycles. The molecule has 1 N–H and O–H groups in total. The summed E-state index contributed by atoms with van der Waals surface area (Å²) in [6, 6.07) is 16.9. The van der Waals surface area contributed by atoms with Crippen LogP contribution in [-0.2, 0) is 0 Å². The minimum atomic E-state index is -0.739. The Balaban J connectivity index is 1.89. The van der Waals surface area contributed by atoms with Crippen LogP contribution in [0.4, 0.5) is 16.2 Å². The molecular formula is C22H16N6O3. The third-order valence-corrected chi connectivity index (χ3v) is 4.39. The number of nitrogens with zero attached hydrogens (tertiary/aromatic N) is 5. The van der Waals surface area contributed by atoms with Crippen molar-refractivity contribution >= 4 is 17.4 Å². The van der Waals surface area contributed by atoms with Crippen molar-refractivity contribution in [3.8, 4) is 16.9 Å². The van der Waals surface area contributed by atoms with Gasteiger partial charge in [-0.2, -0.15) is 4.99 Å². The molecule has 0 aliphatic rings. The zero-order valence-electron chi connectivity index (χ0n) is 16.1. The molecule has 0 spiro atoms. The van der Waals surface area contributed by atoms with E-state index in [1.807, 2.05) is 30.3 Å². The van der Waals surface area contributed by atoms with Gasteiger partial charge in [0.15, 0.2) is 5.36 Å². The largest absolute Gasteiger partial charge is 0.346 e. The Hall–Kier alpha value is -4.66. The number of urea groups is 1. The molecular weight excluding hydrogens is 396 g/mol. The number of anilines is 1. The molecule has 3 heterocycles. The number of nitro groups is 1. The minimum Gasteiger partial charge on any atom is -0.310 e. The summed E-state index contributed by atoms with van der Waals surface area (Å²) in [7, 11) is 0. The summed E-state index contributed by atoms with van der Waals surface area (Å²) in [6.07, 6.45) is 7.58. The SMILES string of the molecule is O=C(/N=c1/cc(-c2ccccc2)n(-c2ccncc2)cc1[N+](=O)[O-])Nc1cccnc1. The quantitative estimate of drug-likeness (QED) is 0.402. The van der Waals surface area contributed by atoms with Gasteiger partial charge in [-0.1, -0.05) is 30.3 Å². The predicted molar refractivity (Wildman–Crippen MR) is 114 cm³/mol. The monoisotopic (exact) mass is 412 g/mol. The van der Waals surface area contributed by atoms with E-state index in [0.29, 0.717) is 17.1 Å². The summed E-state index contributed by atoms with van der Waals surface area (Å²) < 4.78 is 1.67. The fourth-order valence-electron chi connectivity index (χ4n) is 3.01. The highest BCUT2D eigenvalue weighted by atomic mass is 16.6. The molecule has 0 fully saturated rings. The highest BCUT2D eigenvalue weighted by molar-refractivity contribution is 5.90. The van der Waals surface area contributed by atoms with Gasteiger partial charge in [0.05, 0.1) is 28.7 Å². The van der Waals surface area contributed by atoms with E-state index in [1.165, 1.54) is 18.5 Å². The number of rotatable bonds is 4. The van der Waals surface area contributed by atoms with Crippen molar-refractivity contribution in [2.24, 2.45) is 4.99 Å². The molecule has 0 bridgehead atoms. The molecule has 2 amide bonds. The second-order valence-electron chi connectivity index (χ2n) is 6.41. The summed E-state index contributed by atoms with van der Waals surface area (Å²) in [5.74, 6) is 0. The Bertz CT molecular complexity index is 1290. The molecule has 9 heteroatoms. The molecule has 0 aliphatic carbocycles. The number of pyridine rings is 3. The summed E-state index contributed by atoms with van der Waals surface area (Å²) in [5.41, 5.74) is 2.25. The van der Waals surface area contributed by atoms with Crippen molar-refractivity contribution in [2.75, 3.05) is 5.32 Å². The van der Waals surface area contributed by atoms with Gasteiger partial charge in [0.1, 0.15) is 0 Å². The number of amides is 2. The average molecular weight is 412 g/mol. The number of hydrogen-bond acceptors (Lipinski definition) is 5. The lowest BCUT2D eigenvalue weighted by atomic mass is 10.1. The molecule has 1 aromatic carbocycles. The highest BCUT2D eigenvalue weighted by Crippen LogP contribution is 2.23. The van der Waals surface area contributed by atoms with Gasteiger partial charge in [0.2, 0.25) is 0 Å². The number of carbonyl (C=O) groups is 1. The molecule has 4 aromatic rings. The van der Waals surface area contributed by atoms with Crippen LogP contribution in [0.25, 0.3) is 16.9 Å². The normalized spacial score (nSPS) is 11.2. The van der Waals surface area contributed by atoms with E-state index in [-0.39, 0.29) is 11.0 Å². The molecule has 152 valence electrons. The Kier molecular flexibility index (Phi) is 5.57. The number of carbonyl (C=O) groups excluding carboxylic acids is 1. The summed E-state index contributed by atoms with van der Waals surface area (Å²) in [5, 5.41) is 14.3. The van der Waals surface area contributed by atoms with Crippen LogP contribution >= 0.6 is 0 Å². The maximum Gasteiger partial charge on any atom is 0.346 e. The summed E-state index contributed by atoms with van der Waals surface area (Å²) >= 11 is 0. The summed E-state index contributed by atoms with van der Waals surface area (Å²) in [4.78, 5) is 35.5. The lowest BCUT2D eigenvalue weighted by Gasteiger charge is -2.14. The molecule has 0 saturated carbocycles. The van der Waals surface area contributed by atoms with Crippen LogP contribution in [0.2, 0.25) is 0 Å². The van der Waals surface area contributed by atoms with Crippen molar-refractivity contribution < 1.29 is 9.72 Å². The van der Waals surface area contributed by atoms with Gasteiger partial charge < -0.3 is 9.88 Å². The number of aromatic nitrogens is 3. The van der Waals surface area contributed by atoms with Crippen LogP contribution in [0.5, 0.6) is 0 Å². The molecule has 4 rings (SSSR count). The van der Waals surface area contributed by atoms with Gasteiger partial charge in [0, 0.05) is 24.3 Å². The first kappa shape index (κ1) is 19.6. The Labute approximate surface area is 176 Å². The minimum absolute atomic E-state index is 0.0597. The van der Waals surface area contributed by atoms with Crippen molar-refractivity contribution in [1.29, 1.82) is 0 Å². The van der Waals surface area contributed by atoms with Crippen molar-refractivity contribution in [3.05, 3.63) is 107 Å². The molecule has 0 atom stereocenters. The summed E-state index contributed by atoms with van der Waals surface area (Å²) in [6.45, 7) is 0. The van der Waals surface area contributed by atoms with Gasteiger partial charge in [-0.05, 0) is 35.9 Å². The third kappa shape index (κ3) is 4.51. The number of benzene rings is 1. The lowest BCUT2D eigenvalue weighted by Crippen LogP contribution is -2.18. The van der Waals surface area contributed by atoms with E-state index in [1.54, 1.807) is 47.4 Å². The molecule has 0 saturated heterocycles. The van der Waals surface area contributed by atoms with E-state index in [0.717, 1.165) is 5.56 Å². The van der Waals surface area contributed by atoms with E-state index in [9.17, 15) is 14.9 Å². The average Bonchev–Trinajstić information content (AvgIpc) is 2.80. The number of hydrogen-bond donors (Lipinski definition) is 1. The van der Waals surface area contributed by atoms with Gasteiger partial charge in [-0.25, -0.2) is 4.79 Å². The van der Waals surface area contributed by atoms with Crippen molar-refractivity contribution in [3.63, 3.8) is 0 Å².